The zero-order valence-electron chi connectivity index (χ0n) is 13.8. The number of anilines is 1. The molecule has 1 N–H and O–H groups in total. The molecule has 0 bridgehead atoms. The van der Waals surface area contributed by atoms with Gasteiger partial charge in [0.05, 0.1) is 5.75 Å². The summed E-state index contributed by atoms with van der Waals surface area (Å²) in [7, 11) is -3.28. The lowest BCUT2D eigenvalue weighted by Gasteiger charge is -2.17. The maximum atomic E-state index is 12.1. The van der Waals surface area contributed by atoms with E-state index in [9.17, 15) is 8.42 Å². The van der Waals surface area contributed by atoms with Crippen LogP contribution in [0.5, 0.6) is 0 Å². The normalized spacial score (nSPS) is 14.9. The number of hydrogen-bond donors (Lipinski definition) is 1. The fourth-order valence-corrected chi connectivity index (χ4v) is 4.19. The van der Waals surface area contributed by atoms with E-state index in [0.29, 0.717) is 13.0 Å². The second-order valence-corrected chi connectivity index (χ2v) is 8.06. The molecule has 4 nitrogen and oxygen atoms in total. The van der Waals surface area contributed by atoms with Gasteiger partial charge in [-0.05, 0) is 42.5 Å². The first kappa shape index (κ1) is 17.0. The van der Waals surface area contributed by atoms with E-state index in [4.69, 9.17) is 0 Å². The summed E-state index contributed by atoms with van der Waals surface area (Å²) in [6, 6.07) is 17.7. The molecule has 0 saturated carbocycles. The van der Waals surface area contributed by atoms with Crippen LogP contribution in [0.1, 0.15) is 24.0 Å². The molecule has 1 saturated heterocycles. The molecule has 1 aliphatic rings. The first-order valence-corrected chi connectivity index (χ1v) is 10.1. The molecular formula is C19H24N2O2S. The van der Waals surface area contributed by atoms with Crippen molar-refractivity contribution >= 4 is 15.7 Å². The van der Waals surface area contributed by atoms with Crippen LogP contribution >= 0.6 is 0 Å². The molecule has 2 aromatic rings. The van der Waals surface area contributed by atoms with Crippen molar-refractivity contribution in [2.75, 3.05) is 24.5 Å². The lowest BCUT2D eigenvalue weighted by atomic mass is 10.1. The van der Waals surface area contributed by atoms with Crippen molar-refractivity contribution in [1.29, 1.82) is 0 Å². The van der Waals surface area contributed by atoms with E-state index in [1.54, 1.807) is 0 Å². The molecule has 2 aromatic carbocycles. The summed E-state index contributed by atoms with van der Waals surface area (Å²) in [6.07, 6.45) is 3.24. The van der Waals surface area contributed by atoms with Crippen molar-refractivity contribution in [2.24, 2.45) is 0 Å². The van der Waals surface area contributed by atoms with Gasteiger partial charge < -0.3 is 4.90 Å². The standard InChI is InChI=1S/C19H24N2O2S/c22-24(23,16-18-6-2-1-3-7-18)20-13-12-17-8-10-19(11-9-17)21-14-4-5-15-21/h1-3,6-11,20H,4-5,12-16H2. The number of sulfonamides is 1. The summed E-state index contributed by atoms with van der Waals surface area (Å²) in [5.41, 5.74) is 3.22. The van der Waals surface area contributed by atoms with Gasteiger partial charge in [0.25, 0.3) is 0 Å². The minimum Gasteiger partial charge on any atom is -0.372 e. The molecule has 128 valence electrons. The molecule has 3 rings (SSSR count). The Hall–Kier alpha value is -1.85. The summed E-state index contributed by atoms with van der Waals surface area (Å²) < 4.78 is 26.9. The Balaban J connectivity index is 1.48. The molecule has 0 unspecified atom stereocenters. The van der Waals surface area contributed by atoms with Gasteiger partial charge in [-0.25, -0.2) is 13.1 Å². The molecule has 0 spiro atoms. The largest absolute Gasteiger partial charge is 0.372 e. The fourth-order valence-electron chi connectivity index (χ4n) is 3.04. The van der Waals surface area contributed by atoms with Crippen LogP contribution in [0.4, 0.5) is 5.69 Å². The summed E-state index contributed by atoms with van der Waals surface area (Å²) in [5.74, 6) is 0.0295. The van der Waals surface area contributed by atoms with E-state index >= 15 is 0 Å². The van der Waals surface area contributed by atoms with Gasteiger partial charge in [0.15, 0.2) is 0 Å². The fraction of sp³-hybridized carbons (Fsp3) is 0.368. The highest BCUT2D eigenvalue weighted by molar-refractivity contribution is 7.88. The first-order valence-electron chi connectivity index (χ1n) is 8.47. The smallest absolute Gasteiger partial charge is 0.215 e. The van der Waals surface area contributed by atoms with E-state index in [1.807, 2.05) is 30.3 Å². The van der Waals surface area contributed by atoms with Crippen LogP contribution in [0.3, 0.4) is 0 Å². The summed E-state index contributed by atoms with van der Waals surface area (Å²) in [4.78, 5) is 2.40. The van der Waals surface area contributed by atoms with Gasteiger partial charge >= 0.3 is 0 Å². The number of nitrogens with zero attached hydrogens (tertiary/aromatic N) is 1. The molecule has 5 heteroatoms. The van der Waals surface area contributed by atoms with E-state index in [0.717, 1.165) is 24.2 Å². The van der Waals surface area contributed by atoms with E-state index < -0.39 is 10.0 Å². The highest BCUT2D eigenvalue weighted by Crippen LogP contribution is 2.20. The minimum atomic E-state index is -3.28. The maximum Gasteiger partial charge on any atom is 0.215 e. The zero-order chi connectivity index (χ0) is 16.8. The van der Waals surface area contributed by atoms with Crippen LogP contribution < -0.4 is 9.62 Å². The first-order chi connectivity index (χ1) is 11.6. The van der Waals surface area contributed by atoms with Crippen LogP contribution in [-0.2, 0) is 22.2 Å². The van der Waals surface area contributed by atoms with Gasteiger partial charge in [0, 0.05) is 25.3 Å². The lowest BCUT2D eigenvalue weighted by Crippen LogP contribution is -2.27. The van der Waals surface area contributed by atoms with Crippen LogP contribution in [0.25, 0.3) is 0 Å². The molecule has 24 heavy (non-hydrogen) atoms. The Bertz CT molecular complexity index is 737. The molecule has 1 aliphatic heterocycles. The van der Waals surface area contributed by atoms with Gasteiger partial charge in [-0.1, -0.05) is 42.5 Å². The molecular weight excluding hydrogens is 320 g/mol. The van der Waals surface area contributed by atoms with Crippen molar-refractivity contribution in [3.63, 3.8) is 0 Å². The zero-order valence-corrected chi connectivity index (χ0v) is 14.6. The Kier molecular flexibility index (Phi) is 5.53. The summed E-state index contributed by atoms with van der Waals surface area (Å²) in [6.45, 7) is 2.70. The van der Waals surface area contributed by atoms with Gasteiger partial charge in [-0.2, -0.15) is 0 Å². The van der Waals surface area contributed by atoms with Gasteiger partial charge in [-0.3, -0.25) is 0 Å². The van der Waals surface area contributed by atoms with Crippen molar-refractivity contribution < 1.29 is 8.42 Å². The predicted molar refractivity (Wildman–Crippen MR) is 98.7 cm³/mol. The minimum absolute atomic E-state index is 0.0295. The highest BCUT2D eigenvalue weighted by Gasteiger charge is 2.12. The van der Waals surface area contributed by atoms with E-state index in [-0.39, 0.29) is 5.75 Å². The van der Waals surface area contributed by atoms with Crippen LogP contribution in [0, 0.1) is 0 Å². The monoisotopic (exact) mass is 344 g/mol. The van der Waals surface area contributed by atoms with Crippen molar-refractivity contribution in [3.8, 4) is 0 Å². The molecule has 0 amide bonds. The Morgan fingerprint density at radius 2 is 1.54 bits per heavy atom. The number of benzene rings is 2. The number of hydrogen-bond acceptors (Lipinski definition) is 3. The maximum absolute atomic E-state index is 12.1. The third-order valence-electron chi connectivity index (χ3n) is 4.34. The quantitative estimate of drug-likeness (QED) is 0.840. The molecule has 1 fully saturated rings. The second kappa shape index (κ2) is 7.81. The Morgan fingerprint density at radius 3 is 2.21 bits per heavy atom. The molecule has 0 aromatic heterocycles. The summed E-state index contributed by atoms with van der Waals surface area (Å²) >= 11 is 0. The average Bonchev–Trinajstić information content (AvgIpc) is 3.10. The lowest BCUT2D eigenvalue weighted by molar-refractivity contribution is 0.581. The number of rotatable bonds is 7. The molecule has 0 radical (unpaired) electrons. The molecule has 0 atom stereocenters. The summed E-state index contributed by atoms with van der Waals surface area (Å²) in [5, 5.41) is 0. The molecule has 1 heterocycles. The Morgan fingerprint density at radius 1 is 0.875 bits per heavy atom. The van der Waals surface area contributed by atoms with Gasteiger partial charge in [-0.15, -0.1) is 0 Å². The third-order valence-corrected chi connectivity index (χ3v) is 5.70. The van der Waals surface area contributed by atoms with Crippen LogP contribution in [-0.4, -0.2) is 28.1 Å². The SMILES string of the molecule is O=S(=O)(Cc1ccccc1)NCCc1ccc(N2CCCC2)cc1. The Labute approximate surface area is 144 Å². The molecule has 0 aliphatic carbocycles. The topological polar surface area (TPSA) is 49.4 Å². The van der Waals surface area contributed by atoms with Crippen LogP contribution in [0.2, 0.25) is 0 Å². The van der Waals surface area contributed by atoms with E-state index in [1.165, 1.54) is 18.5 Å². The van der Waals surface area contributed by atoms with Gasteiger partial charge in [0.2, 0.25) is 10.0 Å². The highest BCUT2D eigenvalue weighted by atomic mass is 32.2. The predicted octanol–water partition coefficient (Wildman–Crippen LogP) is 2.95. The number of nitrogens with one attached hydrogen (secondary N) is 1. The van der Waals surface area contributed by atoms with Gasteiger partial charge in [0.1, 0.15) is 0 Å². The average molecular weight is 344 g/mol. The van der Waals surface area contributed by atoms with Crippen LogP contribution in [0.15, 0.2) is 54.6 Å². The third kappa shape index (κ3) is 4.82. The van der Waals surface area contributed by atoms with Crippen molar-refractivity contribution in [1.82, 2.24) is 4.72 Å². The van der Waals surface area contributed by atoms with Crippen molar-refractivity contribution in [3.05, 3.63) is 65.7 Å². The second-order valence-electron chi connectivity index (χ2n) is 6.25. The van der Waals surface area contributed by atoms with Crippen molar-refractivity contribution in [2.45, 2.75) is 25.0 Å². The van der Waals surface area contributed by atoms with E-state index in [2.05, 4.69) is 33.9 Å².